The second-order valence-corrected chi connectivity index (χ2v) is 6.01. The quantitative estimate of drug-likeness (QED) is 0.765. The van der Waals surface area contributed by atoms with Crippen LogP contribution in [-0.4, -0.2) is 11.2 Å². The fourth-order valence-electron chi connectivity index (χ4n) is 2.98. The monoisotopic (exact) mass is 267 g/mol. The van der Waals surface area contributed by atoms with Gasteiger partial charge in [0, 0.05) is 0 Å². The van der Waals surface area contributed by atoms with Crippen molar-refractivity contribution in [2.45, 2.75) is 32.4 Å². The molecule has 0 bridgehead atoms. The molecule has 3 N–H and O–H groups in total. The first-order valence-electron chi connectivity index (χ1n) is 7.22. The summed E-state index contributed by atoms with van der Waals surface area (Å²) in [4.78, 5) is 0. The summed E-state index contributed by atoms with van der Waals surface area (Å²) in [5.74, 6) is 0.162. The summed E-state index contributed by atoms with van der Waals surface area (Å²) in [6.45, 7) is 3.99. The molecule has 20 heavy (non-hydrogen) atoms. The van der Waals surface area contributed by atoms with Gasteiger partial charge in [0.25, 0.3) is 0 Å². The third kappa shape index (κ3) is 2.15. The first-order valence-corrected chi connectivity index (χ1v) is 7.22. The molecule has 0 radical (unpaired) electrons. The highest BCUT2D eigenvalue weighted by Crippen LogP contribution is 2.37. The Kier molecular flexibility index (Phi) is 3.36. The van der Waals surface area contributed by atoms with Crippen LogP contribution in [0.3, 0.4) is 0 Å². The van der Waals surface area contributed by atoms with Crippen molar-refractivity contribution in [1.82, 2.24) is 0 Å². The molecule has 0 unspecified atom stereocenters. The molecule has 3 rings (SSSR count). The Bertz CT molecular complexity index is 633. The van der Waals surface area contributed by atoms with Gasteiger partial charge in [0.15, 0.2) is 0 Å². The summed E-state index contributed by atoms with van der Waals surface area (Å²) in [6.07, 6.45) is 0.459. The Morgan fingerprint density at radius 2 is 1.70 bits per heavy atom. The van der Waals surface area contributed by atoms with E-state index in [1.165, 1.54) is 22.3 Å². The Morgan fingerprint density at radius 1 is 1.00 bits per heavy atom. The topological polar surface area (TPSA) is 46.2 Å². The van der Waals surface area contributed by atoms with Crippen molar-refractivity contribution in [3.63, 3.8) is 0 Å². The molecule has 2 aromatic rings. The van der Waals surface area contributed by atoms with Crippen LogP contribution in [0.5, 0.6) is 0 Å². The van der Waals surface area contributed by atoms with E-state index in [0.29, 0.717) is 0 Å². The summed E-state index contributed by atoms with van der Waals surface area (Å²) < 4.78 is 0. The van der Waals surface area contributed by atoms with E-state index in [1.807, 2.05) is 13.8 Å². The molecule has 0 aliphatic heterocycles. The van der Waals surface area contributed by atoms with E-state index in [-0.39, 0.29) is 12.0 Å². The average Bonchev–Trinajstić information content (AvgIpc) is 2.83. The Morgan fingerprint density at radius 3 is 2.45 bits per heavy atom. The van der Waals surface area contributed by atoms with E-state index in [2.05, 4.69) is 42.5 Å². The molecule has 2 nitrogen and oxygen atoms in total. The summed E-state index contributed by atoms with van der Waals surface area (Å²) in [6, 6.07) is 14.5. The van der Waals surface area contributed by atoms with Crippen LogP contribution in [0.1, 0.15) is 36.6 Å². The number of rotatable bonds is 3. The number of aliphatic hydroxyl groups is 1. The average molecular weight is 267 g/mol. The predicted molar refractivity (Wildman–Crippen MR) is 82.5 cm³/mol. The fraction of sp³-hybridized carbons (Fsp3) is 0.333. The van der Waals surface area contributed by atoms with Gasteiger partial charge in [-0.1, -0.05) is 56.3 Å². The molecule has 2 heteroatoms. The SMILES string of the molecule is CC(C)[C@@H](O)[C@@H](N)c1ccc2c(c1)Cc1ccccc1-2. The van der Waals surface area contributed by atoms with Gasteiger partial charge in [-0.2, -0.15) is 0 Å². The third-order valence-corrected chi connectivity index (χ3v) is 4.25. The first-order chi connectivity index (χ1) is 9.58. The second kappa shape index (κ2) is 5.04. The van der Waals surface area contributed by atoms with Gasteiger partial charge in [-0.05, 0) is 40.2 Å². The molecular weight excluding hydrogens is 246 g/mol. The lowest BCUT2D eigenvalue weighted by Crippen LogP contribution is -2.30. The zero-order chi connectivity index (χ0) is 14.3. The van der Waals surface area contributed by atoms with Gasteiger partial charge >= 0.3 is 0 Å². The zero-order valence-corrected chi connectivity index (χ0v) is 12.0. The molecule has 104 valence electrons. The number of hydrogen-bond acceptors (Lipinski definition) is 2. The summed E-state index contributed by atoms with van der Waals surface area (Å²) in [5, 5.41) is 10.1. The Hall–Kier alpha value is -1.64. The predicted octanol–water partition coefficient (Wildman–Crippen LogP) is 3.27. The van der Waals surface area contributed by atoms with Gasteiger partial charge in [0.05, 0.1) is 12.1 Å². The van der Waals surface area contributed by atoms with E-state index in [4.69, 9.17) is 5.73 Å². The lowest BCUT2D eigenvalue weighted by molar-refractivity contribution is 0.0979. The van der Waals surface area contributed by atoms with Crippen LogP contribution in [0.15, 0.2) is 42.5 Å². The van der Waals surface area contributed by atoms with Crippen LogP contribution in [-0.2, 0) is 6.42 Å². The van der Waals surface area contributed by atoms with E-state index in [1.54, 1.807) is 0 Å². The van der Waals surface area contributed by atoms with Crippen LogP contribution in [0.25, 0.3) is 11.1 Å². The van der Waals surface area contributed by atoms with Crippen LogP contribution in [0, 0.1) is 5.92 Å². The van der Waals surface area contributed by atoms with Crippen molar-refractivity contribution in [1.29, 1.82) is 0 Å². The van der Waals surface area contributed by atoms with Crippen LogP contribution >= 0.6 is 0 Å². The second-order valence-electron chi connectivity index (χ2n) is 6.01. The molecule has 1 aliphatic rings. The van der Waals surface area contributed by atoms with Crippen LogP contribution < -0.4 is 5.73 Å². The van der Waals surface area contributed by atoms with Crippen molar-refractivity contribution < 1.29 is 5.11 Å². The van der Waals surface area contributed by atoms with Crippen molar-refractivity contribution in [3.05, 3.63) is 59.2 Å². The minimum Gasteiger partial charge on any atom is -0.391 e. The van der Waals surface area contributed by atoms with E-state index >= 15 is 0 Å². The molecule has 1 aliphatic carbocycles. The fourth-order valence-corrected chi connectivity index (χ4v) is 2.98. The van der Waals surface area contributed by atoms with Crippen molar-refractivity contribution >= 4 is 0 Å². The van der Waals surface area contributed by atoms with Crippen LogP contribution in [0.4, 0.5) is 0 Å². The maximum atomic E-state index is 10.1. The van der Waals surface area contributed by atoms with Gasteiger partial charge in [-0.15, -0.1) is 0 Å². The minimum absolute atomic E-state index is 0.162. The van der Waals surface area contributed by atoms with E-state index in [0.717, 1.165) is 12.0 Å². The van der Waals surface area contributed by atoms with E-state index in [9.17, 15) is 5.11 Å². The highest BCUT2D eigenvalue weighted by Gasteiger charge is 2.23. The molecular formula is C18H21NO. The Labute approximate surface area is 120 Å². The third-order valence-electron chi connectivity index (χ3n) is 4.25. The lowest BCUT2D eigenvalue weighted by atomic mass is 9.92. The van der Waals surface area contributed by atoms with Crippen molar-refractivity contribution in [2.75, 3.05) is 0 Å². The van der Waals surface area contributed by atoms with Crippen molar-refractivity contribution in [2.24, 2.45) is 11.7 Å². The molecule has 2 aromatic carbocycles. The normalized spacial score (nSPS) is 15.8. The van der Waals surface area contributed by atoms with Crippen LogP contribution in [0.2, 0.25) is 0 Å². The number of benzene rings is 2. The number of aliphatic hydroxyl groups excluding tert-OH is 1. The molecule has 0 heterocycles. The molecule has 0 saturated heterocycles. The van der Waals surface area contributed by atoms with E-state index < -0.39 is 6.10 Å². The highest BCUT2D eigenvalue weighted by atomic mass is 16.3. The van der Waals surface area contributed by atoms with Gasteiger partial charge < -0.3 is 10.8 Å². The largest absolute Gasteiger partial charge is 0.391 e. The standard InChI is InChI=1S/C18H21NO/c1-11(2)18(20)17(19)13-7-8-16-14(10-13)9-12-5-3-4-6-15(12)16/h3-8,10-11,17-18,20H,9,19H2,1-2H3/t17-,18+/m0/s1. The van der Waals surface area contributed by atoms with Gasteiger partial charge in [-0.3, -0.25) is 0 Å². The minimum atomic E-state index is -0.503. The van der Waals surface area contributed by atoms with Gasteiger partial charge in [-0.25, -0.2) is 0 Å². The van der Waals surface area contributed by atoms with Crippen molar-refractivity contribution in [3.8, 4) is 11.1 Å². The summed E-state index contributed by atoms with van der Waals surface area (Å²) >= 11 is 0. The summed E-state index contributed by atoms with van der Waals surface area (Å²) in [7, 11) is 0. The van der Waals surface area contributed by atoms with Gasteiger partial charge in [0.1, 0.15) is 0 Å². The molecule has 2 atom stereocenters. The highest BCUT2D eigenvalue weighted by molar-refractivity contribution is 5.77. The number of fused-ring (bicyclic) bond motifs is 3. The molecule has 0 fully saturated rings. The zero-order valence-electron chi connectivity index (χ0n) is 12.0. The maximum absolute atomic E-state index is 10.1. The molecule has 0 aromatic heterocycles. The first kappa shape index (κ1) is 13.3. The Balaban J connectivity index is 1.95. The smallest absolute Gasteiger partial charge is 0.0755 e. The lowest BCUT2D eigenvalue weighted by Gasteiger charge is -2.23. The maximum Gasteiger partial charge on any atom is 0.0755 e. The number of nitrogens with two attached hydrogens (primary N) is 1. The molecule has 0 spiro atoms. The molecule has 0 saturated carbocycles. The number of hydrogen-bond donors (Lipinski definition) is 2. The summed E-state index contributed by atoms with van der Waals surface area (Å²) in [5.41, 5.74) is 12.5. The van der Waals surface area contributed by atoms with Gasteiger partial charge in [0.2, 0.25) is 0 Å². The molecule has 0 amide bonds.